The van der Waals surface area contributed by atoms with Gasteiger partial charge in [-0.3, -0.25) is 0 Å². The molecule has 1 aromatic heterocycles. The third kappa shape index (κ3) is 3.39. The van der Waals surface area contributed by atoms with Gasteiger partial charge < -0.3 is 20.4 Å². The molecule has 4 rings (SSSR count). The second kappa shape index (κ2) is 6.88. The summed E-state index contributed by atoms with van der Waals surface area (Å²) in [4.78, 5) is 14.0. The second-order valence-electron chi connectivity index (χ2n) is 7.03. The van der Waals surface area contributed by atoms with Crippen molar-refractivity contribution in [3.05, 3.63) is 41.6 Å². The molecule has 1 aromatic carbocycles. The van der Waals surface area contributed by atoms with Gasteiger partial charge in [0.25, 0.3) is 0 Å². The van der Waals surface area contributed by atoms with Gasteiger partial charge in [0.2, 0.25) is 5.95 Å². The number of piperidine rings is 1. The Bertz CT molecular complexity index is 740. The first-order valence-electron chi connectivity index (χ1n) is 9.05. The molecule has 132 valence electrons. The summed E-state index contributed by atoms with van der Waals surface area (Å²) in [6.45, 7) is 5.97. The minimum Gasteiger partial charge on any atom is -0.351 e. The molecule has 3 heterocycles. The van der Waals surface area contributed by atoms with Gasteiger partial charge in [-0.15, -0.1) is 0 Å². The fraction of sp³-hybridized carbons (Fsp3) is 0.474. The van der Waals surface area contributed by atoms with Gasteiger partial charge in [-0.25, -0.2) is 4.98 Å². The van der Waals surface area contributed by atoms with Crippen molar-refractivity contribution in [2.45, 2.75) is 32.4 Å². The van der Waals surface area contributed by atoms with Gasteiger partial charge in [-0.1, -0.05) is 18.2 Å². The highest BCUT2D eigenvalue weighted by Gasteiger charge is 2.24. The van der Waals surface area contributed by atoms with Crippen molar-refractivity contribution >= 4 is 17.5 Å². The van der Waals surface area contributed by atoms with Crippen LogP contribution in [0.4, 0.5) is 17.5 Å². The van der Waals surface area contributed by atoms with E-state index in [0.717, 1.165) is 50.9 Å². The highest BCUT2D eigenvalue weighted by atomic mass is 15.4. The third-order valence-corrected chi connectivity index (χ3v) is 5.08. The van der Waals surface area contributed by atoms with E-state index in [2.05, 4.69) is 63.7 Å². The molecule has 0 unspecified atom stereocenters. The highest BCUT2D eigenvalue weighted by molar-refractivity contribution is 5.60. The van der Waals surface area contributed by atoms with Crippen molar-refractivity contribution in [3.63, 3.8) is 0 Å². The number of benzene rings is 1. The van der Waals surface area contributed by atoms with Gasteiger partial charge in [0, 0.05) is 37.1 Å². The number of para-hydroxylation sites is 1. The number of hydrogen-bond donors (Lipinski definition) is 2. The average molecular weight is 338 g/mol. The highest BCUT2D eigenvalue weighted by Crippen LogP contribution is 2.30. The molecule has 6 nitrogen and oxygen atoms in total. The Hall–Kier alpha value is -2.34. The lowest BCUT2D eigenvalue weighted by Crippen LogP contribution is -2.41. The van der Waals surface area contributed by atoms with Gasteiger partial charge >= 0.3 is 0 Å². The average Bonchev–Trinajstić information content (AvgIpc) is 2.63. The molecular weight excluding hydrogens is 312 g/mol. The number of fused-ring (bicyclic) bond motifs is 1. The molecule has 2 aliphatic rings. The molecule has 2 aliphatic heterocycles. The third-order valence-electron chi connectivity index (χ3n) is 5.08. The number of rotatable bonds is 3. The number of aromatic nitrogens is 2. The fourth-order valence-electron chi connectivity index (χ4n) is 3.72. The lowest BCUT2D eigenvalue weighted by atomic mass is 10.1. The molecule has 0 bridgehead atoms. The van der Waals surface area contributed by atoms with Crippen LogP contribution in [0.5, 0.6) is 0 Å². The maximum Gasteiger partial charge on any atom is 0.224 e. The smallest absolute Gasteiger partial charge is 0.224 e. The maximum atomic E-state index is 4.80. The predicted molar refractivity (Wildman–Crippen MR) is 102 cm³/mol. The van der Waals surface area contributed by atoms with Crippen LogP contribution in [0.2, 0.25) is 0 Å². The zero-order valence-electron chi connectivity index (χ0n) is 15.0. The summed E-state index contributed by atoms with van der Waals surface area (Å²) in [7, 11) is 2.10. The molecule has 0 saturated carbocycles. The summed E-state index contributed by atoms with van der Waals surface area (Å²) >= 11 is 0. The first-order valence-corrected chi connectivity index (χ1v) is 9.05. The van der Waals surface area contributed by atoms with E-state index in [4.69, 9.17) is 4.98 Å². The van der Waals surface area contributed by atoms with Crippen LogP contribution in [-0.4, -0.2) is 42.8 Å². The predicted octanol–water partition coefficient (Wildman–Crippen LogP) is 2.36. The van der Waals surface area contributed by atoms with Crippen LogP contribution in [0, 0.1) is 6.92 Å². The molecule has 25 heavy (non-hydrogen) atoms. The maximum absolute atomic E-state index is 4.80. The number of aryl methyl sites for hydroxylation is 1. The number of nitrogens with one attached hydrogen (secondary N) is 2. The Morgan fingerprint density at radius 1 is 1.20 bits per heavy atom. The lowest BCUT2D eigenvalue weighted by Gasteiger charge is -2.37. The van der Waals surface area contributed by atoms with Gasteiger partial charge in [0.05, 0.1) is 6.67 Å². The Morgan fingerprint density at radius 3 is 2.80 bits per heavy atom. The summed E-state index contributed by atoms with van der Waals surface area (Å²) in [5, 5.41) is 6.89. The molecule has 0 aliphatic carbocycles. The lowest BCUT2D eigenvalue weighted by molar-refractivity contribution is 0.477. The summed E-state index contributed by atoms with van der Waals surface area (Å²) in [5.74, 6) is 1.79. The molecule has 0 radical (unpaired) electrons. The van der Waals surface area contributed by atoms with Crippen LogP contribution in [0.15, 0.2) is 30.5 Å². The van der Waals surface area contributed by atoms with Crippen molar-refractivity contribution in [1.82, 2.24) is 15.3 Å². The normalized spacial score (nSPS) is 18.2. The topological polar surface area (TPSA) is 56.3 Å². The number of anilines is 3. The quantitative estimate of drug-likeness (QED) is 0.896. The van der Waals surface area contributed by atoms with E-state index < -0.39 is 0 Å². The monoisotopic (exact) mass is 338 g/mol. The Labute approximate surface area is 149 Å². The molecule has 1 fully saturated rings. The summed E-state index contributed by atoms with van der Waals surface area (Å²) in [6.07, 6.45) is 4.22. The van der Waals surface area contributed by atoms with Crippen molar-refractivity contribution in [2.75, 3.05) is 41.9 Å². The molecule has 2 N–H and O–H groups in total. The van der Waals surface area contributed by atoms with Crippen LogP contribution in [0.1, 0.15) is 24.0 Å². The van der Waals surface area contributed by atoms with Gasteiger partial charge in [-0.05, 0) is 44.5 Å². The van der Waals surface area contributed by atoms with Crippen LogP contribution in [0.25, 0.3) is 0 Å². The molecular formula is C19H26N6. The van der Waals surface area contributed by atoms with E-state index >= 15 is 0 Å². The molecule has 6 heteroatoms. The molecule has 0 atom stereocenters. The summed E-state index contributed by atoms with van der Waals surface area (Å²) < 4.78 is 0. The Kier molecular flexibility index (Phi) is 4.44. The van der Waals surface area contributed by atoms with E-state index in [1.165, 1.54) is 16.8 Å². The molecule has 0 spiro atoms. The molecule has 1 saturated heterocycles. The van der Waals surface area contributed by atoms with E-state index in [-0.39, 0.29) is 0 Å². The van der Waals surface area contributed by atoms with E-state index in [9.17, 15) is 0 Å². The van der Waals surface area contributed by atoms with Crippen molar-refractivity contribution < 1.29 is 0 Å². The fourth-order valence-corrected chi connectivity index (χ4v) is 3.72. The summed E-state index contributed by atoms with van der Waals surface area (Å²) in [5.41, 5.74) is 3.74. The zero-order valence-corrected chi connectivity index (χ0v) is 15.0. The minimum atomic E-state index is 0.469. The van der Waals surface area contributed by atoms with E-state index in [0.29, 0.717) is 6.04 Å². The first-order chi connectivity index (χ1) is 12.2. The van der Waals surface area contributed by atoms with Crippen molar-refractivity contribution in [2.24, 2.45) is 0 Å². The van der Waals surface area contributed by atoms with E-state index in [1.807, 2.05) is 6.20 Å². The minimum absolute atomic E-state index is 0.469. The van der Waals surface area contributed by atoms with Crippen LogP contribution >= 0.6 is 0 Å². The summed E-state index contributed by atoms with van der Waals surface area (Å²) in [6, 6.07) is 9.00. The van der Waals surface area contributed by atoms with Crippen LogP contribution in [-0.2, 0) is 6.54 Å². The zero-order chi connectivity index (χ0) is 17.2. The van der Waals surface area contributed by atoms with Crippen LogP contribution < -0.4 is 20.4 Å². The number of nitrogens with zero attached hydrogens (tertiary/aromatic N) is 4. The SMILES string of the molecule is Cc1ccccc1N1Cc2cnc(NC3CCNCC3)nc2N(C)C1. The van der Waals surface area contributed by atoms with Crippen LogP contribution in [0.3, 0.4) is 0 Å². The number of hydrogen-bond acceptors (Lipinski definition) is 6. The van der Waals surface area contributed by atoms with Gasteiger partial charge in [0.15, 0.2) is 0 Å². The molecule has 2 aromatic rings. The Balaban J connectivity index is 1.53. The van der Waals surface area contributed by atoms with Crippen molar-refractivity contribution in [1.29, 1.82) is 0 Å². The van der Waals surface area contributed by atoms with Gasteiger partial charge in [-0.2, -0.15) is 4.98 Å². The Morgan fingerprint density at radius 2 is 2.00 bits per heavy atom. The van der Waals surface area contributed by atoms with Crippen molar-refractivity contribution in [3.8, 4) is 0 Å². The van der Waals surface area contributed by atoms with Gasteiger partial charge in [0.1, 0.15) is 5.82 Å². The molecule has 0 amide bonds. The first kappa shape index (κ1) is 16.1. The van der Waals surface area contributed by atoms with E-state index in [1.54, 1.807) is 0 Å². The largest absolute Gasteiger partial charge is 0.351 e. The second-order valence-corrected chi connectivity index (χ2v) is 7.03. The standard InChI is InChI=1S/C19H26N6/c1-14-5-3-4-6-17(14)25-12-15-11-21-19(23-18(15)24(2)13-25)22-16-7-9-20-10-8-16/h3-6,11,16,20H,7-10,12-13H2,1-2H3,(H,21,22,23).